The molecule has 0 saturated heterocycles. The molecule has 0 N–H and O–H groups in total. The number of carbonyl (C=O) groups is 2. The van der Waals surface area contributed by atoms with Gasteiger partial charge >= 0.3 is 0 Å². The smallest absolute Gasteiger partial charge is 0.190 e. The molecular formula is C11H9O2P. The quantitative estimate of drug-likeness (QED) is 0.558. The first kappa shape index (κ1) is 10.6. The molecule has 0 aliphatic heterocycles. The van der Waals surface area contributed by atoms with Crippen LogP contribution in [-0.2, 0) is 0 Å². The first-order chi connectivity index (χ1) is 6.70. The van der Waals surface area contributed by atoms with E-state index in [-0.39, 0.29) is 11.6 Å². The van der Waals surface area contributed by atoms with Crippen LogP contribution in [0, 0.1) is 0 Å². The summed E-state index contributed by atoms with van der Waals surface area (Å²) in [6, 6.07) is 3.37. The summed E-state index contributed by atoms with van der Waals surface area (Å²) < 4.78 is 0. The second kappa shape index (κ2) is 4.64. The molecule has 0 spiro atoms. The summed E-state index contributed by atoms with van der Waals surface area (Å²) in [5, 5.41) is 0.465. The lowest BCUT2D eigenvalue weighted by molar-refractivity contribution is 0.101. The molecular weight excluding hydrogens is 195 g/mol. The maximum absolute atomic E-state index is 11.4. The average molecular weight is 204 g/mol. The van der Waals surface area contributed by atoms with E-state index < -0.39 is 0 Å². The Bertz CT molecular complexity index is 369. The van der Waals surface area contributed by atoms with Gasteiger partial charge in [0.1, 0.15) is 0 Å². The molecule has 0 atom stereocenters. The molecule has 0 unspecified atom stereocenters. The van der Waals surface area contributed by atoms with Crippen molar-refractivity contribution in [3.8, 4) is 0 Å². The highest BCUT2D eigenvalue weighted by Gasteiger charge is 2.12. The molecule has 0 fully saturated rings. The van der Waals surface area contributed by atoms with E-state index in [0.717, 1.165) is 8.19 Å². The van der Waals surface area contributed by atoms with Crippen LogP contribution in [0.25, 0.3) is 0 Å². The molecule has 0 bridgehead atoms. The summed E-state index contributed by atoms with van der Waals surface area (Å²) in [4.78, 5) is 22.7. The molecule has 1 aromatic heterocycles. The molecule has 3 heteroatoms. The highest BCUT2D eigenvalue weighted by molar-refractivity contribution is 7.31. The molecule has 14 heavy (non-hydrogen) atoms. The van der Waals surface area contributed by atoms with Gasteiger partial charge in [-0.3, -0.25) is 9.59 Å². The van der Waals surface area contributed by atoms with E-state index in [1.165, 1.54) is 12.2 Å². The van der Waals surface area contributed by atoms with Gasteiger partial charge in [-0.1, -0.05) is 27.4 Å². The highest BCUT2D eigenvalue weighted by atomic mass is 31.0. The van der Waals surface area contributed by atoms with Gasteiger partial charge in [0.05, 0.1) is 5.30 Å². The van der Waals surface area contributed by atoms with Crippen molar-refractivity contribution in [3.63, 3.8) is 0 Å². The van der Waals surface area contributed by atoms with Crippen LogP contribution < -0.4 is 0 Å². The van der Waals surface area contributed by atoms with Crippen molar-refractivity contribution < 1.29 is 9.59 Å². The molecule has 1 heterocycles. The summed E-state index contributed by atoms with van der Waals surface area (Å²) in [5.74, 6) is 1.36. The van der Waals surface area contributed by atoms with Gasteiger partial charge in [0.25, 0.3) is 0 Å². The summed E-state index contributed by atoms with van der Waals surface area (Å²) in [6.45, 7) is 6.78. The maximum Gasteiger partial charge on any atom is 0.190 e. The van der Waals surface area contributed by atoms with E-state index in [4.69, 9.17) is 0 Å². The Labute approximate surface area is 84.1 Å². The van der Waals surface area contributed by atoms with E-state index >= 15 is 0 Å². The van der Waals surface area contributed by atoms with Crippen LogP contribution >= 0.6 is 8.19 Å². The molecule has 2 nitrogen and oxygen atoms in total. The number of hydrogen-bond donors (Lipinski definition) is 0. The normalized spacial score (nSPS) is 9.71. The highest BCUT2D eigenvalue weighted by Crippen LogP contribution is 2.20. The van der Waals surface area contributed by atoms with Crippen molar-refractivity contribution in [1.82, 2.24) is 0 Å². The summed E-state index contributed by atoms with van der Waals surface area (Å²) in [5.41, 5.74) is 0.411. The van der Waals surface area contributed by atoms with Crippen LogP contribution in [0.5, 0.6) is 0 Å². The van der Waals surface area contributed by atoms with Crippen molar-refractivity contribution in [2.24, 2.45) is 0 Å². The Morgan fingerprint density at radius 3 is 2.43 bits per heavy atom. The molecule has 0 aliphatic rings. The second-order valence-corrected chi connectivity index (χ2v) is 3.54. The topological polar surface area (TPSA) is 34.1 Å². The van der Waals surface area contributed by atoms with Gasteiger partial charge in [-0.05, 0) is 24.0 Å². The third-order valence-corrected chi connectivity index (χ3v) is 2.72. The Kier molecular flexibility index (Phi) is 3.49. The third kappa shape index (κ3) is 2.04. The maximum atomic E-state index is 11.4. The molecule has 0 saturated carbocycles. The van der Waals surface area contributed by atoms with Crippen LogP contribution in [0.3, 0.4) is 0 Å². The van der Waals surface area contributed by atoms with Crippen LogP contribution in [0.1, 0.15) is 20.4 Å². The van der Waals surface area contributed by atoms with Crippen LogP contribution in [0.2, 0.25) is 0 Å². The Morgan fingerprint density at radius 2 is 1.86 bits per heavy atom. The summed E-state index contributed by atoms with van der Waals surface area (Å²) in [7, 11) is 0.730. The van der Waals surface area contributed by atoms with Gasteiger partial charge < -0.3 is 0 Å². The molecule has 0 aromatic carbocycles. The summed E-state index contributed by atoms with van der Waals surface area (Å²) in [6.07, 6.45) is 2.42. The molecule has 0 amide bonds. The van der Waals surface area contributed by atoms with Crippen LogP contribution in [-0.4, -0.2) is 11.6 Å². The van der Waals surface area contributed by atoms with Crippen molar-refractivity contribution in [1.29, 1.82) is 0 Å². The Hall–Kier alpha value is -1.53. The van der Waals surface area contributed by atoms with Gasteiger partial charge in [0, 0.05) is 5.56 Å². The van der Waals surface area contributed by atoms with Gasteiger partial charge in [-0.25, -0.2) is 0 Å². The molecule has 70 valence electrons. The van der Waals surface area contributed by atoms with Crippen molar-refractivity contribution >= 4 is 19.8 Å². The number of hydrogen-bond acceptors (Lipinski definition) is 2. The number of ketones is 2. The number of carbonyl (C=O) groups excluding carboxylic acids is 2. The van der Waals surface area contributed by atoms with E-state index in [1.54, 1.807) is 17.9 Å². The Morgan fingerprint density at radius 1 is 1.21 bits per heavy atom. The SMILES string of the molecule is C=CC(=O)c1cccpc1C(=O)C=C. The van der Waals surface area contributed by atoms with Crippen LogP contribution in [0.4, 0.5) is 0 Å². The zero-order valence-corrected chi connectivity index (χ0v) is 8.46. The van der Waals surface area contributed by atoms with Crippen molar-refractivity contribution in [3.05, 3.63) is 54.1 Å². The monoisotopic (exact) mass is 204 g/mol. The Balaban J connectivity index is 3.28. The lowest BCUT2D eigenvalue weighted by Crippen LogP contribution is -2.02. The third-order valence-electron chi connectivity index (χ3n) is 1.68. The predicted octanol–water partition coefficient (Wildman–Crippen LogP) is 3.00. The van der Waals surface area contributed by atoms with E-state index in [9.17, 15) is 9.59 Å². The predicted molar refractivity (Wildman–Crippen MR) is 58.0 cm³/mol. The molecule has 1 aromatic rings. The first-order valence-electron chi connectivity index (χ1n) is 3.99. The summed E-state index contributed by atoms with van der Waals surface area (Å²) >= 11 is 0. The number of allylic oxidation sites excluding steroid dienone is 2. The molecule has 0 aliphatic carbocycles. The number of rotatable bonds is 4. The standard InChI is InChI=1S/C11H9O2P/c1-3-9(12)8-6-5-7-14-11(8)10(13)4-2/h3-7H,1-2H2. The fraction of sp³-hybridized carbons (Fsp3) is 0. The van der Waals surface area contributed by atoms with Gasteiger partial charge in [-0.2, -0.15) is 0 Å². The zero-order valence-electron chi connectivity index (χ0n) is 7.56. The average Bonchev–Trinajstić information content (AvgIpc) is 2.27. The lowest BCUT2D eigenvalue weighted by atomic mass is 10.1. The molecule has 1 rings (SSSR count). The molecule has 0 radical (unpaired) electrons. The van der Waals surface area contributed by atoms with Crippen molar-refractivity contribution in [2.75, 3.05) is 0 Å². The second-order valence-electron chi connectivity index (χ2n) is 2.54. The van der Waals surface area contributed by atoms with Crippen LogP contribution in [0.15, 0.2) is 43.2 Å². The van der Waals surface area contributed by atoms with E-state index in [2.05, 4.69) is 13.2 Å². The fourth-order valence-corrected chi connectivity index (χ4v) is 1.87. The zero-order chi connectivity index (χ0) is 10.6. The minimum Gasteiger partial charge on any atom is -0.289 e. The van der Waals surface area contributed by atoms with Gasteiger partial charge in [-0.15, -0.1) is 0 Å². The van der Waals surface area contributed by atoms with Gasteiger partial charge in [0.2, 0.25) is 0 Å². The van der Waals surface area contributed by atoms with E-state index in [1.807, 2.05) is 0 Å². The van der Waals surface area contributed by atoms with Crippen molar-refractivity contribution in [2.45, 2.75) is 0 Å². The fourth-order valence-electron chi connectivity index (χ4n) is 1.01. The lowest BCUT2D eigenvalue weighted by Gasteiger charge is -2.01. The largest absolute Gasteiger partial charge is 0.289 e. The minimum absolute atomic E-state index is 0.211. The minimum atomic E-state index is -0.230. The van der Waals surface area contributed by atoms with E-state index in [0.29, 0.717) is 10.9 Å². The van der Waals surface area contributed by atoms with Gasteiger partial charge in [0.15, 0.2) is 11.6 Å². The first-order valence-corrected chi connectivity index (χ1v) is 4.95.